The topological polar surface area (TPSA) is 57.0 Å². The van der Waals surface area contributed by atoms with Crippen LogP contribution >= 0.6 is 11.3 Å². The summed E-state index contributed by atoms with van der Waals surface area (Å²) in [7, 11) is 0. The van der Waals surface area contributed by atoms with Crippen molar-refractivity contribution in [3.63, 3.8) is 0 Å². The summed E-state index contributed by atoms with van der Waals surface area (Å²) < 4.78 is 6.58. The number of thiazole rings is 1. The molecule has 0 spiro atoms. The number of carbonyl (C=O) groups excluding carboxylic acids is 1. The molecule has 0 aliphatic carbocycles. The first kappa shape index (κ1) is 15.3. The molecule has 4 aromatic rings. The van der Waals surface area contributed by atoms with Crippen molar-refractivity contribution in [1.29, 1.82) is 0 Å². The summed E-state index contributed by atoms with van der Waals surface area (Å²) in [6, 6.07) is 16.0. The molecule has 0 aliphatic heterocycles. The van der Waals surface area contributed by atoms with Gasteiger partial charge in [-0.15, -0.1) is 0 Å². The Morgan fingerprint density at radius 1 is 1.12 bits per heavy atom. The van der Waals surface area contributed by atoms with E-state index in [0.29, 0.717) is 11.6 Å². The number of hydrogen-bond acceptors (Lipinski definition) is 5. The van der Waals surface area contributed by atoms with E-state index >= 15 is 0 Å². The molecule has 0 N–H and O–H groups in total. The highest BCUT2D eigenvalue weighted by molar-refractivity contribution is 7.12. The van der Waals surface area contributed by atoms with Gasteiger partial charge in [-0.3, -0.25) is 4.79 Å². The largest absolute Gasteiger partial charge is 0.409 e. The number of carbonyl (C=O) groups is 1. The Kier molecular flexibility index (Phi) is 3.87. The number of hydrogen-bond donors (Lipinski definition) is 0. The van der Waals surface area contributed by atoms with Crippen LogP contribution in [0.2, 0.25) is 0 Å². The van der Waals surface area contributed by atoms with Crippen molar-refractivity contribution in [3.05, 3.63) is 66.1 Å². The van der Waals surface area contributed by atoms with Crippen LogP contribution < -0.4 is 4.74 Å². The highest BCUT2D eigenvalue weighted by Gasteiger charge is 2.15. The average molecular weight is 347 g/mol. The Morgan fingerprint density at radius 2 is 1.92 bits per heavy atom. The molecule has 2 aromatic heterocycles. The van der Waals surface area contributed by atoms with Crippen molar-refractivity contribution in [2.45, 2.75) is 0 Å². The summed E-state index contributed by atoms with van der Waals surface area (Å²) in [6.07, 6.45) is 1.81. The molecule has 6 heteroatoms. The summed E-state index contributed by atoms with van der Waals surface area (Å²) in [4.78, 5) is 14.8. The fourth-order valence-electron chi connectivity index (χ4n) is 2.65. The van der Waals surface area contributed by atoms with Crippen molar-refractivity contribution in [1.82, 2.24) is 14.8 Å². The van der Waals surface area contributed by atoms with Gasteiger partial charge in [-0.25, -0.2) is 4.68 Å². The van der Waals surface area contributed by atoms with Gasteiger partial charge in [-0.2, -0.15) is 10.1 Å². The third kappa shape index (κ3) is 2.72. The molecule has 4 rings (SSSR count). The average Bonchev–Trinajstić information content (AvgIpc) is 3.27. The number of ether oxygens (including phenoxy) is 1. The molecular formula is C19H13N3O2S. The summed E-state index contributed by atoms with van der Waals surface area (Å²) in [5.74, 6) is 0.270. The normalized spacial score (nSPS) is 10.7. The fraction of sp³-hybridized carbons (Fsp3) is 0. The van der Waals surface area contributed by atoms with Gasteiger partial charge in [-0.05, 0) is 11.6 Å². The molecule has 25 heavy (non-hydrogen) atoms. The van der Waals surface area contributed by atoms with Gasteiger partial charge in [0.1, 0.15) is 5.69 Å². The highest BCUT2D eigenvalue weighted by atomic mass is 32.1. The first-order valence-electron chi connectivity index (χ1n) is 7.57. The van der Waals surface area contributed by atoms with E-state index in [1.807, 2.05) is 54.6 Å². The van der Waals surface area contributed by atoms with E-state index in [4.69, 9.17) is 9.84 Å². The van der Waals surface area contributed by atoms with Crippen LogP contribution in [-0.4, -0.2) is 21.2 Å². The second kappa shape index (κ2) is 6.33. The maximum absolute atomic E-state index is 10.5. The Morgan fingerprint density at radius 3 is 2.68 bits per heavy atom. The molecule has 0 bridgehead atoms. The van der Waals surface area contributed by atoms with Crippen molar-refractivity contribution in [3.8, 4) is 22.3 Å². The maximum Gasteiger partial charge on any atom is 0.299 e. The Bertz CT molecular complexity index is 1060. The molecule has 2 aromatic carbocycles. The summed E-state index contributed by atoms with van der Waals surface area (Å²) in [5.41, 5.74) is 3.89. The zero-order valence-corrected chi connectivity index (χ0v) is 13.9. The molecule has 122 valence electrons. The molecule has 0 atom stereocenters. The maximum atomic E-state index is 10.5. The second-order valence-corrected chi connectivity index (χ2v) is 6.12. The van der Waals surface area contributed by atoms with Gasteiger partial charge in [-0.1, -0.05) is 66.5 Å². The van der Waals surface area contributed by atoms with E-state index in [0.717, 1.165) is 27.7 Å². The SMILES string of the molecule is C=Cc1ccc(-c2nn(-c3nc(OC=O)cs3)c3ccccc23)cc1. The van der Waals surface area contributed by atoms with Gasteiger partial charge >= 0.3 is 0 Å². The summed E-state index contributed by atoms with van der Waals surface area (Å²) in [6.45, 7) is 4.15. The lowest BCUT2D eigenvalue weighted by Crippen LogP contribution is -1.96. The zero-order chi connectivity index (χ0) is 17.2. The van der Waals surface area contributed by atoms with Crippen molar-refractivity contribution in [2.75, 3.05) is 0 Å². The molecule has 0 saturated carbocycles. The number of nitrogens with zero attached hydrogens (tertiary/aromatic N) is 3. The van der Waals surface area contributed by atoms with E-state index in [-0.39, 0.29) is 5.88 Å². The number of fused-ring (bicyclic) bond motifs is 1. The van der Waals surface area contributed by atoms with Gasteiger partial charge in [0.25, 0.3) is 6.47 Å². The van der Waals surface area contributed by atoms with E-state index < -0.39 is 0 Å². The fourth-order valence-corrected chi connectivity index (χ4v) is 3.35. The minimum absolute atomic E-state index is 0.270. The Balaban J connectivity index is 1.88. The second-order valence-electron chi connectivity index (χ2n) is 5.29. The van der Waals surface area contributed by atoms with Gasteiger partial charge in [0, 0.05) is 10.9 Å². The standard InChI is InChI=1S/C19H13N3O2S/c1-2-13-7-9-14(10-8-13)18-15-5-3-4-6-16(15)22(21-18)19-20-17(11-25-19)24-12-23/h2-12H,1H2. The predicted molar refractivity (Wildman–Crippen MR) is 99.0 cm³/mol. The highest BCUT2D eigenvalue weighted by Crippen LogP contribution is 2.31. The monoisotopic (exact) mass is 347 g/mol. The third-order valence-corrected chi connectivity index (χ3v) is 4.62. The Labute approximate surface area is 147 Å². The van der Waals surface area contributed by atoms with Crippen LogP contribution in [0.1, 0.15) is 5.56 Å². The van der Waals surface area contributed by atoms with Gasteiger partial charge in [0.15, 0.2) is 0 Å². The smallest absolute Gasteiger partial charge is 0.299 e. The van der Waals surface area contributed by atoms with Crippen LogP contribution in [0, 0.1) is 0 Å². The van der Waals surface area contributed by atoms with Gasteiger partial charge < -0.3 is 4.74 Å². The molecule has 2 heterocycles. The van der Waals surface area contributed by atoms with Gasteiger partial charge in [0.2, 0.25) is 11.0 Å². The minimum Gasteiger partial charge on any atom is -0.409 e. The quantitative estimate of drug-likeness (QED) is 0.504. The van der Waals surface area contributed by atoms with Crippen LogP contribution in [-0.2, 0) is 4.79 Å². The van der Waals surface area contributed by atoms with Crippen molar-refractivity contribution < 1.29 is 9.53 Å². The first-order chi connectivity index (χ1) is 12.3. The first-order valence-corrected chi connectivity index (χ1v) is 8.45. The third-order valence-electron chi connectivity index (χ3n) is 3.83. The zero-order valence-electron chi connectivity index (χ0n) is 13.1. The molecule has 0 aliphatic rings. The van der Waals surface area contributed by atoms with E-state index in [2.05, 4.69) is 11.6 Å². The molecular weight excluding hydrogens is 334 g/mol. The lowest BCUT2D eigenvalue weighted by atomic mass is 10.1. The molecule has 0 saturated heterocycles. The number of aromatic nitrogens is 3. The number of benzene rings is 2. The van der Waals surface area contributed by atoms with Gasteiger partial charge in [0.05, 0.1) is 10.9 Å². The van der Waals surface area contributed by atoms with Crippen LogP contribution in [0.5, 0.6) is 5.88 Å². The van der Waals surface area contributed by atoms with Crippen LogP contribution in [0.3, 0.4) is 0 Å². The number of para-hydroxylation sites is 1. The lowest BCUT2D eigenvalue weighted by molar-refractivity contribution is -0.120. The lowest BCUT2D eigenvalue weighted by Gasteiger charge is -1.99. The van der Waals surface area contributed by atoms with Crippen molar-refractivity contribution in [2.24, 2.45) is 0 Å². The predicted octanol–water partition coefficient (Wildman–Crippen LogP) is 4.33. The van der Waals surface area contributed by atoms with E-state index in [9.17, 15) is 4.79 Å². The van der Waals surface area contributed by atoms with Crippen LogP contribution in [0.4, 0.5) is 0 Å². The minimum atomic E-state index is 0.270. The number of rotatable bonds is 5. The molecule has 0 amide bonds. The Hall–Kier alpha value is -3.25. The van der Waals surface area contributed by atoms with Crippen LogP contribution in [0.15, 0.2) is 60.5 Å². The summed E-state index contributed by atoms with van der Waals surface area (Å²) in [5, 5.41) is 8.10. The summed E-state index contributed by atoms with van der Waals surface area (Å²) >= 11 is 1.36. The molecule has 0 radical (unpaired) electrons. The van der Waals surface area contributed by atoms with E-state index in [1.54, 1.807) is 10.1 Å². The molecule has 0 fully saturated rings. The molecule has 0 unspecified atom stereocenters. The van der Waals surface area contributed by atoms with Crippen LogP contribution in [0.25, 0.3) is 33.4 Å². The van der Waals surface area contributed by atoms with E-state index in [1.165, 1.54) is 11.3 Å². The van der Waals surface area contributed by atoms with Crippen molar-refractivity contribution >= 4 is 34.8 Å². The molecule has 5 nitrogen and oxygen atoms in total.